The first kappa shape index (κ1) is 13.8. The zero-order valence-electron chi connectivity index (χ0n) is 11.5. The van der Waals surface area contributed by atoms with Crippen molar-refractivity contribution in [2.45, 2.75) is 12.8 Å². The van der Waals surface area contributed by atoms with Gasteiger partial charge in [-0.05, 0) is 6.42 Å². The van der Waals surface area contributed by atoms with Crippen molar-refractivity contribution in [1.82, 2.24) is 0 Å². The van der Waals surface area contributed by atoms with E-state index >= 15 is 0 Å². The molecule has 0 spiro atoms. The van der Waals surface area contributed by atoms with Gasteiger partial charge in [0.2, 0.25) is 0 Å². The molecule has 21 heavy (non-hydrogen) atoms. The molecule has 0 saturated carbocycles. The lowest BCUT2D eigenvalue weighted by Gasteiger charge is -2.22. The third-order valence-electron chi connectivity index (χ3n) is 3.52. The standard InChI is InChI=1S/C17H16NO2P/c19-16-12-7-13-18-17(16)21(20,14-8-3-1-4-9-14)15-10-5-2-6-11-15/h1-6,8-11,13,19H,7,12H2. The Morgan fingerprint density at radius 1 is 0.905 bits per heavy atom. The molecule has 2 aromatic rings. The average Bonchev–Trinajstić information content (AvgIpc) is 2.56. The van der Waals surface area contributed by atoms with Gasteiger partial charge in [-0.25, -0.2) is 0 Å². The summed E-state index contributed by atoms with van der Waals surface area (Å²) in [7, 11) is -3.12. The highest BCUT2D eigenvalue weighted by molar-refractivity contribution is 7.82. The summed E-state index contributed by atoms with van der Waals surface area (Å²) < 4.78 is 13.9. The fourth-order valence-electron chi connectivity index (χ4n) is 2.47. The molecule has 0 radical (unpaired) electrons. The zero-order chi connectivity index (χ0) is 14.7. The van der Waals surface area contributed by atoms with Gasteiger partial charge in [-0.1, -0.05) is 60.7 Å². The van der Waals surface area contributed by atoms with E-state index in [1.165, 1.54) is 0 Å². The summed E-state index contributed by atoms with van der Waals surface area (Å²) in [6, 6.07) is 18.5. The molecule has 0 atom stereocenters. The largest absolute Gasteiger partial charge is 0.510 e. The monoisotopic (exact) mass is 297 g/mol. The van der Waals surface area contributed by atoms with Crippen molar-refractivity contribution in [2.24, 2.45) is 4.99 Å². The molecule has 0 unspecified atom stereocenters. The predicted molar refractivity (Wildman–Crippen MR) is 87.1 cm³/mol. The van der Waals surface area contributed by atoms with Gasteiger partial charge in [0.25, 0.3) is 0 Å². The van der Waals surface area contributed by atoms with E-state index in [1.807, 2.05) is 60.7 Å². The Balaban J connectivity index is 2.27. The quantitative estimate of drug-likeness (QED) is 0.880. The highest BCUT2D eigenvalue weighted by atomic mass is 31.2. The highest BCUT2D eigenvalue weighted by Crippen LogP contribution is 2.54. The summed E-state index contributed by atoms with van der Waals surface area (Å²) in [5.74, 6) is 0.133. The van der Waals surface area contributed by atoms with Crippen LogP contribution in [-0.2, 0) is 4.57 Å². The van der Waals surface area contributed by atoms with Crippen LogP contribution in [0.1, 0.15) is 12.8 Å². The Hall–Kier alpha value is -2.12. The van der Waals surface area contributed by atoms with Crippen LogP contribution in [0.2, 0.25) is 0 Å². The summed E-state index contributed by atoms with van der Waals surface area (Å²) in [6.45, 7) is 0. The lowest BCUT2D eigenvalue weighted by molar-refractivity contribution is 0.385. The van der Waals surface area contributed by atoms with E-state index < -0.39 is 7.14 Å². The second-order valence-corrected chi connectivity index (χ2v) is 7.58. The summed E-state index contributed by atoms with van der Waals surface area (Å²) >= 11 is 0. The maximum atomic E-state index is 13.9. The fourth-order valence-corrected chi connectivity index (χ4v) is 5.16. The molecule has 0 aliphatic carbocycles. The van der Waals surface area contributed by atoms with Gasteiger partial charge in [0.05, 0.1) is 0 Å². The minimum Gasteiger partial charge on any atom is -0.510 e. The van der Waals surface area contributed by atoms with E-state index in [2.05, 4.69) is 4.99 Å². The summed E-state index contributed by atoms with van der Waals surface area (Å²) in [5, 5.41) is 11.6. The van der Waals surface area contributed by atoms with Crippen LogP contribution in [0.15, 0.2) is 76.9 Å². The van der Waals surface area contributed by atoms with Gasteiger partial charge >= 0.3 is 0 Å². The van der Waals surface area contributed by atoms with Gasteiger partial charge in [0.1, 0.15) is 11.2 Å². The van der Waals surface area contributed by atoms with Gasteiger partial charge < -0.3 is 9.67 Å². The number of allylic oxidation sites excluding steroid dienone is 1. The third kappa shape index (κ3) is 2.45. The molecule has 0 fully saturated rings. The van der Waals surface area contributed by atoms with Crippen molar-refractivity contribution in [2.75, 3.05) is 0 Å². The van der Waals surface area contributed by atoms with Crippen LogP contribution in [-0.4, -0.2) is 11.3 Å². The van der Waals surface area contributed by atoms with E-state index in [9.17, 15) is 9.67 Å². The molecule has 3 nitrogen and oxygen atoms in total. The van der Waals surface area contributed by atoms with Crippen molar-refractivity contribution in [3.63, 3.8) is 0 Å². The van der Waals surface area contributed by atoms with Gasteiger partial charge in [0, 0.05) is 23.2 Å². The molecule has 0 amide bonds. The summed E-state index contributed by atoms with van der Waals surface area (Å²) in [5.41, 5.74) is 0.311. The number of aliphatic hydroxyl groups excluding tert-OH is 1. The number of aliphatic hydroxyl groups is 1. The molecule has 4 heteroatoms. The molecule has 0 bridgehead atoms. The van der Waals surface area contributed by atoms with Crippen LogP contribution in [0.4, 0.5) is 0 Å². The fraction of sp³-hybridized carbons (Fsp3) is 0.118. The Kier molecular flexibility index (Phi) is 3.76. The molecule has 3 rings (SSSR count). The first-order chi connectivity index (χ1) is 10.2. The van der Waals surface area contributed by atoms with Crippen molar-refractivity contribution in [3.05, 3.63) is 71.9 Å². The van der Waals surface area contributed by atoms with E-state index in [-0.39, 0.29) is 5.76 Å². The molecular formula is C17H16NO2P. The first-order valence-electron chi connectivity index (χ1n) is 6.89. The zero-order valence-corrected chi connectivity index (χ0v) is 12.4. The van der Waals surface area contributed by atoms with Gasteiger partial charge in [-0.3, -0.25) is 4.99 Å². The van der Waals surface area contributed by atoms with Crippen molar-refractivity contribution >= 4 is 24.0 Å². The van der Waals surface area contributed by atoms with Crippen LogP contribution >= 0.6 is 7.14 Å². The van der Waals surface area contributed by atoms with E-state index in [4.69, 9.17) is 0 Å². The normalized spacial score (nSPS) is 15.2. The van der Waals surface area contributed by atoms with Crippen LogP contribution in [0.3, 0.4) is 0 Å². The van der Waals surface area contributed by atoms with Crippen LogP contribution in [0.5, 0.6) is 0 Å². The average molecular weight is 297 g/mol. The molecule has 1 N–H and O–H groups in total. The van der Waals surface area contributed by atoms with Gasteiger partial charge in [-0.15, -0.1) is 0 Å². The maximum Gasteiger partial charge on any atom is 0.191 e. The Morgan fingerprint density at radius 3 is 1.90 bits per heavy atom. The predicted octanol–water partition coefficient (Wildman–Crippen LogP) is 3.59. The Morgan fingerprint density at radius 2 is 1.43 bits per heavy atom. The van der Waals surface area contributed by atoms with Gasteiger partial charge in [-0.2, -0.15) is 0 Å². The van der Waals surface area contributed by atoms with Crippen molar-refractivity contribution in [1.29, 1.82) is 0 Å². The first-order valence-corrected chi connectivity index (χ1v) is 8.60. The smallest absolute Gasteiger partial charge is 0.191 e. The minimum atomic E-state index is -3.12. The molecule has 0 aromatic heterocycles. The van der Waals surface area contributed by atoms with Crippen molar-refractivity contribution < 1.29 is 9.67 Å². The van der Waals surface area contributed by atoms with E-state index in [0.717, 1.165) is 0 Å². The Labute approximate surface area is 124 Å². The molecule has 1 heterocycles. The number of aliphatic imine (C=N–C) groups is 1. The summed E-state index contributed by atoms with van der Waals surface area (Å²) in [4.78, 5) is 4.28. The molecule has 106 valence electrons. The SMILES string of the molecule is O=P(C1=C(O)CCC=N1)(c1ccccc1)c1ccccc1. The topological polar surface area (TPSA) is 49.7 Å². The second kappa shape index (κ2) is 5.71. The lowest BCUT2D eigenvalue weighted by atomic mass is 10.2. The van der Waals surface area contributed by atoms with Gasteiger partial charge in [0.15, 0.2) is 7.14 Å². The van der Waals surface area contributed by atoms with Crippen LogP contribution in [0, 0.1) is 0 Å². The summed E-state index contributed by atoms with van der Waals surface area (Å²) in [6.07, 6.45) is 2.90. The van der Waals surface area contributed by atoms with Crippen LogP contribution < -0.4 is 10.6 Å². The molecule has 1 aliphatic heterocycles. The molecular weight excluding hydrogens is 281 g/mol. The lowest BCUT2D eigenvalue weighted by Crippen LogP contribution is -2.18. The van der Waals surface area contributed by atoms with E-state index in [0.29, 0.717) is 28.9 Å². The number of benzene rings is 2. The molecule has 2 aromatic carbocycles. The number of hydrogen-bond donors (Lipinski definition) is 1. The van der Waals surface area contributed by atoms with Crippen LogP contribution in [0.25, 0.3) is 0 Å². The minimum absolute atomic E-state index is 0.133. The number of hydrogen-bond acceptors (Lipinski definition) is 3. The maximum absolute atomic E-state index is 13.9. The van der Waals surface area contributed by atoms with Crippen molar-refractivity contribution in [3.8, 4) is 0 Å². The number of nitrogens with zero attached hydrogens (tertiary/aromatic N) is 1. The highest BCUT2D eigenvalue weighted by Gasteiger charge is 2.35. The number of rotatable bonds is 3. The third-order valence-corrected chi connectivity index (χ3v) is 6.54. The van der Waals surface area contributed by atoms with E-state index in [1.54, 1.807) is 6.21 Å². The molecule has 1 aliphatic rings. The second-order valence-electron chi connectivity index (χ2n) is 4.90. The Bertz CT molecular complexity index is 692. The molecule has 0 saturated heterocycles.